The Kier molecular flexibility index (Phi) is 15.3. The van der Waals surface area contributed by atoms with Gasteiger partial charge < -0.3 is 4.74 Å². The first-order valence-electron chi connectivity index (χ1n) is 13.5. The zero-order valence-corrected chi connectivity index (χ0v) is 22.4. The Morgan fingerprint density at radius 3 is 1.97 bits per heavy atom. The first-order valence-corrected chi connectivity index (χ1v) is 13.9. The van der Waals surface area contributed by atoms with Crippen molar-refractivity contribution in [3.05, 3.63) is 64.7 Å². The third-order valence-electron chi connectivity index (χ3n) is 6.10. The lowest BCUT2D eigenvalue weighted by Crippen LogP contribution is -2.17. The van der Waals surface area contributed by atoms with Gasteiger partial charge in [0.15, 0.2) is 0 Å². The molecule has 0 aliphatic heterocycles. The summed E-state index contributed by atoms with van der Waals surface area (Å²) in [6, 6.07) is 13.5. The van der Waals surface area contributed by atoms with E-state index in [0.29, 0.717) is 28.3 Å². The zero-order chi connectivity index (χ0) is 25.8. The van der Waals surface area contributed by atoms with Gasteiger partial charge in [-0.2, -0.15) is 5.10 Å². The fourth-order valence-corrected chi connectivity index (χ4v) is 4.08. The van der Waals surface area contributed by atoms with Crippen molar-refractivity contribution in [2.45, 2.75) is 96.8 Å². The number of hydrogen-bond donors (Lipinski definition) is 1. The van der Waals surface area contributed by atoms with Gasteiger partial charge in [-0.15, -0.1) is 0 Å². The van der Waals surface area contributed by atoms with E-state index in [2.05, 4.69) is 17.5 Å². The van der Waals surface area contributed by atoms with Crippen LogP contribution in [0, 0.1) is 0 Å². The molecule has 0 fully saturated rings. The molecule has 0 heterocycles. The van der Waals surface area contributed by atoms with Crippen molar-refractivity contribution in [2.75, 3.05) is 0 Å². The molecule has 0 spiro atoms. The summed E-state index contributed by atoms with van der Waals surface area (Å²) in [5.41, 5.74) is 3.57. The summed E-state index contributed by atoms with van der Waals surface area (Å²) in [5, 5.41) is 4.59. The second-order valence-electron chi connectivity index (χ2n) is 9.22. The molecule has 196 valence electrons. The van der Waals surface area contributed by atoms with E-state index in [1.807, 2.05) is 6.07 Å². The van der Waals surface area contributed by atoms with Gasteiger partial charge in [0, 0.05) is 17.0 Å². The second-order valence-corrected chi connectivity index (χ2v) is 9.66. The standard InChI is InChI=1S/C30H41ClN2O3/c1-2-3-4-5-6-7-8-9-10-11-12-13-14-19-29(34)33-32-24-26-17-15-16-18-28(26)36-30(35)25-20-22-27(31)23-21-25/h15-18,20-24H,2-14,19H2,1H3,(H,33,34). The molecule has 0 atom stereocenters. The molecule has 6 heteroatoms. The monoisotopic (exact) mass is 512 g/mol. The van der Waals surface area contributed by atoms with E-state index >= 15 is 0 Å². The molecule has 0 bridgehead atoms. The van der Waals surface area contributed by atoms with E-state index in [0.717, 1.165) is 12.8 Å². The molecule has 36 heavy (non-hydrogen) atoms. The number of hydrogen-bond acceptors (Lipinski definition) is 4. The number of ether oxygens (including phenoxy) is 1. The van der Waals surface area contributed by atoms with Gasteiger partial charge in [0.25, 0.3) is 0 Å². The Bertz CT molecular complexity index is 928. The van der Waals surface area contributed by atoms with E-state index in [1.165, 1.54) is 76.8 Å². The van der Waals surface area contributed by atoms with Crippen LogP contribution in [0.3, 0.4) is 0 Å². The van der Waals surface area contributed by atoms with Crippen molar-refractivity contribution < 1.29 is 14.3 Å². The summed E-state index contributed by atoms with van der Waals surface area (Å²) < 4.78 is 5.50. The van der Waals surface area contributed by atoms with Crippen LogP contribution >= 0.6 is 11.6 Å². The maximum Gasteiger partial charge on any atom is 0.343 e. The van der Waals surface area contributed by atoms with Gasteiger partial charge in [-0.1, -0.05) is 108 Å². The van der Waals surface area contributed by atoms with E-state index in [4.69, 9.17) is 16.3 Å². The summed E-state index contributed by atoms with van der Waals surface area (Å²) in [5.74, 6) is -0.226. The summed E-state index contributed by atoms with van der Waals surface area (Å²) in [6.45, 7) is 2.26. The molecule has 1 N–H and O–H groups in total. The fourth-order valence-electron chi connectivity index (χ4n) is 3.96. The Labute approximate surface area is 221 Å². The van der Waals surface area contributed by atoms with Crippen LogP contribution in [0.2, 0.25) is 5.02 Å². The predicted molar refractivity (Wildman–Crippen MR) is 149 cm³/mol. The lowest BCUT2D eigenvalue weighted by atomic mass is 10.0. The minimum absolute atomic E-state index is 0.107. The Balaban J connectivity index is 1.58. The summed E-state index contributed by atoms with van der Waals surface area (Å²) in [7, 11) is 0. The van der Waals surface area contributed by atoms with Crippen LogP contribution in [0.25, 0.3) is 0 Å². The highest BCUT2D eigenvalue weighted by Gasteiger charge is 2.11. The van der Waals surface area contributed by atoms with Crippen molar-refractivity contribution in [1.82, 2.24) is 5.43 Å². The van der Waals surface area contributed by atoms with Crippen LogP contribution in [-0.2, 0) is 4.79 Å². The minimum atomic E-state index is -0.487. The molecule has 0 saturated carbocycles. The van der Waals surface area contributed by atoms with Gasteiger partial charge in [0.2, 0.25) is 5.91 Å². The minimum Gasteiger partial charge on any atom is -0.422 e. The van der Waals surface area contributed by atoms with Crippen LogP contribution in [-0.4, -0.2) is 18.1 Å². The molecular formula is C30H41ClN2O3. The van der Waals surface area contributed by atoms with Crippen molar-refractivity contribution in [3.63, 3.8) is 0 Å². The van der Waals surface area contributed by atoms with E-state index in [9.17, 15) is 9.59 Å². The third kappa shape index (κ3) is 12.9. The Hall–Kier alpha value is -2.66. The highest BCUT2D eigenvalue weighted by molar-refractivity contribution is 6.30. The van der Waals surface area contributed by atoms with Crippen LogP contribution in [0.5, 0.6) is 5.75 Å². The second kappa shape index (κ2) is 18.6. The first-order chi connectivity index (χ1) is 17.6. The highest BCUT2D eigenvalue weighted by Crippen LogP contribution is 2.19. The van der Waals surface area contributed by atoms with Crippen molar-refractivity contribution in [1.29, 1.82) is 0 Å². The van der Waals surface area contributed by atoms with Gasteiger partial charge in [0.05, 0.1) is 11.8 Å². The number of nitrogens with zero attached hydrogens (tertiary/aromatic N) is 1. The van der Waals surface area contributed by atoms with Gasteiger partial charge in [-0.25, -0.2) is 10.2 Å². The molecule has 0 aliphatic carbocycles. The zero-order valence-electron chi connectivity index (χ0n) is 21.6. The molecule has 1 amide bonds. The number of halogens is 1. The number of unbranched alkanes of at least 4 members (excludes halogenated alkanes) is 12. The van der Waals surface area contributed by atoms with Gasteiger partial charge >= 0.3 is 5.97 Å². The number of esters is 1. The van der Waals surface area contributed by atoms with Crippen LogP contribution < -0.4 is 10.2 Å². The van der Waals surface area contributed by atoms with Crippen molar-refractivity contribution in [3.8, 4) is 5.75 Å². The lowest BCUT2D eigenvalue weighted by molar-refractivity contribution is -0.121. The molecule has 5 nitrogen and oxygen atoms in total. The molecular weight excluding hydrogens is 472 g/mol. The molecule has 0 aromatic heterocycles. The largest absolute Gasteiger partial charge is 0.422 e. The van der Waals surface area contributed by atoms with E-state index < -0.39 is 5.97 Å². The maximum absolute atomic E-state index is 12.4. The van der Waals surface area contributed by atoms with Crippen molar-refractivity contribution >= 4 is 29.7 Å². The fraction of sp³-hybridized carbons (Fsp3) is 0.500. The van der Waals surface area contributed by atoms with Crippen LogP contribution in [0.15, 0.2) is 53.6 Å². The average Bonchev–Trinajstić information content (AvgIpc) is 2.88. The molecule has 2 rings (SSSR count). The lowest BCUT2D eigenvalue weighted by Gasteiger charge is -2.07. The van der Waals surface area contributed by atoms with Gasteiger partial charge in [0.1, 0.15) is 5.75 Å². The smallest absolute Gasteiger partial charge is 0.343 e. The van der Waals surface area contributed by atoms with E-state index in [1.54, 1.807) is 42.5 Å². The Morgan fingerprint density at radius 1 is 0.806 bits per heavy atom. The molecule has 0 aliphatic rings. The number of para-hydroxylation sites is 1. The highest BCUT2D eigenvalue weighted by atomic mass is 35.5. The summed E-state index contributed by atoms with van der Waals surface area (Å²) in [6.07, 6.45) is 18.5. The maximum atomic E-state index is 12.4. The number of benzene rings is 2. The number of nitrogens with one attached hydrogen (secondary N) is 1. The predicted octanol–water partition coefficient (Wildman–Crippen LogP) is 8.49. The molecule has 0 unspecified atom stereocenters. The number of rotatable bonds is 18. The average molecular weight is 513 g/mol. The summed E-state index contributed by atoms with van der Waals surface area (Å²) >= 11 is 5.87. The number of carbonyl (C=O) groups excluding carboxylic acids is 2. The SMILES string of the molecule is CCCCCCCCCCCCCCCC(=O)NN=Cc1ccccc1OC(=O)c1ccc(Cl)cc1. The van der Waals surface area contributed by atoms with Crippen molar-refractivity contribution in [2.24, 2.45) is 5.10 Å². The quantitative estimate of drug-likeness (QED) is 0.0715. The third-order valence-corrected chi connectivity index (χ3v) is 6.35. The van der Waals surface area contributed by atoms with Gasteiger partial charge in [-0.05, 0) is 42.8 Å². The molecule has 0 saturated heterocycles. The summed E-state index contributed by atoms with van der Waals surface area (Å²) in [4.78, 5) is 24.5. The molecule has 2 aromatic carbocycles. The topological polar surface area (TPSA) is 67.8 Å². The van der Waals surface area contributed by atoms with Crippen LogP contribution in [0.1, 0.15) is 113 Å². The number of hydrazone groups is 1. The first kappa shape index (κ1) is 29.6. The van der Waals surface area contributed by atoms with E-state index in [-0.39, 0.29) is 5.91 Å². The number of amides is 1. The molecule has 2 aromatic rings. The number of carbonyl (C=O) groups is 2. The van der Waals surface area contributed by atoms with Gasteiger partial charge in [-0.3, -0.25) is 4.79 Å². The van der Waals surface area contributed by atoms with Crippen LogP contribution in [0.4, 0.5) is 0 Å². The normalized spacial score (nSPS) is 11.1. The Morgan fingerprint density at radius 2 is 1.36 bits per heavy atom. The molecule has 0 radical (unpaired) electrons.